The topological polar surface area (TPSA) is 112 Å². The van der Waals surface area contributed by atoms with E-state index in [-0.39, 0.29) is 11.1 Å². The molecule has 0 radical (unpaired) electrons. The van der Waals surface area contributed by atoms with Crippen LogP contribution in [0.3, 0.4) is 0 Å². The first-order valence-electron chi connectivity index (χ1n) is 5.85. The van der Waals surface area contributed by atoms with E-state index in [1.54, 1.807) is 30.3 Å². The molecule has 0 atom stereocenters. The molecule has 6 nitrogen and oxygen atoms in total. The fourth-order valence-corrected chi connectivity index (χ4v) is 1.99. The normalized spacial score (nSPS) is 10.1. The predicted molar refractivity (Wildman–Crippen MR) is 72.8 cm³/mol. The Bertz CT molecular complexity index is 733. The highest BCUT2D eigenvalue weighted by molar-refractivity contribution is 6.07. The third-order valence-electron chi connectivity index (χ3n) is 2.93. The SMILES string of the molecule is O=C(O)c1cc(C(=O)O)c(-c2ccccc2)cc1C(=O)O. The van der Waals surface area contributed by atoms with E-state index in [0.717, 1.165) is 12.1 Å². The molecule has 2 aromatic carbocycles. The van der Waals surface area contributed by atoms with Gasteiger partial charge in [-0.25, -0.2) is 14.4 Å². The maximum Gasteiger partial charge on any atom is 0.336 e. The van der Waals surface area contributed by atoms with Crippen LogP contribution in [0.2, 0.25) is 0 Å². The molecule has 6 heteroatoms. The van der Waals surface area contributed by atoms with Crippen molar-refractivity contribution in [3.8, 4) is 11.1 Å². The monoisotopic (exact) mass is 286 g/mol. The van der Waals surface area contributed by atoms with Gasteiger partial charge in [0, 0.05) is 0 Å². The van der Waals surface area contributed by atoms with Crippen LogP contribution >= 0.6 is 0 Å². The van der Waals surface area contributed by atoms with Gasteiger partial charge in [-0.3, -0.25) is 0 Å². The van der Waals surface area contributed by atoms with Gasteiger partial charge in [-0.1, -0.05) is 30.3 Å². The van der Waals surface area contributed by atoms with Crippen molar-refractivity contribution in [2.75, 3.05) is 0 Å². The summed E-state index contributed by atoms with van der Waals surface area (Å²) >= 11 is 0. The van der Waals surface area contributed by atoms with Crippen molar-refractivity contribution in [3.05, 3.63) is 59.2 Å². The lowest BCUT2D eigenvalue weighted by Crippen LogP contribution is -2.12. The molecule has 0 amide bonds. The molecule has 21 heavy (non-hydrogen) atoms. The molecule has 2 rings (SSSR count). The Labute approximate surface area is 118 Å². The Kier molecular flexibility index (Phi) is 3.71. The molecule has 106 valence electrons. The highest BCUT2D eigenvalue weighted by atomic mass is 16.4. The van der Waals surface area contributed by atoms with Crippen LogP contribution in [-0.2, 0) is 0 Å². The van der Waals surface area contributed by atoms with Crippen molar-refractivity contribution < 1.29 is 29.7 Å². The molecule has 0 aliphatic heterocycles. The van der Waals surface area contributed by atoms with Crippen molar-refractivity contribution >= 4 is 17.9 Å². The highest BCUT2D eigenvalue weighted by Gasteiger charge is 2.22. The molecular formula is C15H10O6. The minimum Gasteiger partial charge on any atom is -0.478 e. The van der Waals surface area contributed by atoms with E-state index in [9.17, 15) is 19.5 Å². The van der Waals surface area contributed by atoms with Crippen LogP contribution in [0.25, 0.3) is 11.1 Å². The molecule has 0 spiro atoms. The van der Waals surface area contributed by atoms with Gasteiger partial charge < -0.3 is 15.3 Å². The third-order valence-corrected chi connectivity index (χ3v) is 2.93. The second-order valence-electron chi connectivity index (χ2n) is 4.22. The van der Waals surface area contributed by atoms with Crippen molar-refractivity contribution in [2.24, 2.45) is 0 Å². The lowest BCUT2D eigenvalue weighted by molar-refractivity contribution is 0.0649. The molecular weight excluding hydrogens is 276 g/mol. The smallest absolute Gasteiger partial charge is 0.336 e. The number of hydrogen-bond acceptors (Lipinski definition) is 3. The molecule has 2 aromatic rings. The van der Waals surface area contributed by atoms with Crippen LogP contribution in [0.1, 0.15) is 31.1 Å². The van der Waals surface area contributed by atoms with Crippen LogP contribution in [0, 0.1) is 0 Å². The molecule has 0 aliphatic rings. The molecule has 0 aromatic heterocycles. The van der Waals surface area contributed by atoms with E-state index < -0.39 is 29.0 Å². The Morgan fingerprint density at radius 1 is 0.667 bits per heavy atom. The van der Waals surface area contributed by atoms with Gasteiger partial charge in [0.05, 0.1) is 16.7 Å². The molecule has 0 fully saturated rings. The Hall–Kier alpha value is -3.15. The summed E-state index contributed by atoms with van der Waals surface area (Å²) in [6, 6.07) is 10.3. The van der Waals surface area contributed by atoms with Crippen molar-refractivity contribution in [2.45, 2.75) is 0 Å². The molecule has 0 saturated heterocycles. The summed E-state index contributed by atoms with van der Waals surface area (Å²) in [6.45, 7) is 0. The molecule has 0 unspecified atom stereocenters. The lowest BCUT2D eigenvalue weighted by atomic mass is 9.93. The van der Waals surface area contributed by atoms with Crippen LogP contribution in [0.4, 0.5) is 0 Å². The van der Waals surface area contributed by atoms with Gasteiger partial charge in [-0.2, -0.15) is 0 Å². The van der Waals surface area contributed by atoms with E-state index >= 15 is 0 Å². The zero-order chi connectivity index (χ0) is 15.6. The van der Waals surface area contributed by atoms with Crippen LogP contribution in [-0.4, -0.2) is 33.2 Å². The summed E-state index contributed by atoms with van der Waals surface area (Å²) in [5.41, 5.74) is -0.616. The zero-order valence-electron chi connectivity index (χ0n) is 10.6. The fourth-order valence-electron chi connectivity index (χ4n) is 1.99. The first-order valence-corrected chi connectivity index (χ1v) is 5.85. The Morgan fingerprint density at radius 2 is 1.14 bits per heavy atom. The third kappa shape index (κ3) is 2.74. The maximum absolute atomic E-state index is 11.3. The zero-order valence-corrected chi connectivity index (χ0v) is 10.6. The average molecular weight is 286 g/mol. The van der Waals surface area contributed by atoms with Crippen molar-refractivity contribution in [1.82, 2.24) is 0 Å². The van der Waals surface area contributed by atoms with Crippen molar-refractivity contribution in [1.29, 1.82) is 0 Å². The number of carboxylic acids is 3. The van der Waals surface area contributed by atoms with E-state index in [4.69, 9.17) is 10.2 Å². The number of hydrogen-bond donors (Lipinski definition) is 3. The number of benzene rings is 2. The summed E-state index contributed by atoms with van der Waals surface area (Å²) in [5, 5.41) is 27.4. The van der Waals surface area contributed by atoms with Gasteiger partial charge in [0.1, 0.15) is 0 Å². The van der Waals surface area contributed by atoms with Crippen LogP contribution < -0.4 is 0 Å². The number of rotatable bonds is 4. The summed E-state index contributed by atoms with van der Waals surface area (Å²) < 4.78 is 0. The predicted octanol–water partition coefficient (Wildman–Crippen LogP) is 2.45. The number of aromatic carboxylic acids is 3. The van der Waals surface area contributed by atoms with Gasteiger partial charge in [-0.15, -0.1) is 0 Å². The molecule has 0 heterocycles. The minimum absolute atomic E-state index is 0.158. The quantitative estimate of drug-likeness (QED) is 0.795. The van der Waals surface area contributed by atoms with E-state index in [0.29, 0.717) is 5.56 Å². The number of carboxylic acid groups (broad SMARTS) is 3. The van der Waals surface area contributed by atoms with Gasteiger partial charge in [0.15, 0.2) is 0 Å². The second-order valence-corrected chi connectivity index (χ2v) is 4.22. The first-order chi connectivity index (χ1) is 9.91. The van der Waals surface area contributed by atoms with E-state index in [2.05, 4.69) is 0 Å². The minimum atomic E-state index is -1.49. The maximum atomic E-state index is 11.3. The summed E-state index contributed by atoms with van der Waals surface area (Å²) in [6.07, 6.45) is 0. The number of carbonyl (C=O) groups is 3. The van der Waals surface area contributed by atoms with E-state index in [1.807, 2.05) is 0 Å². The van der Waals surface area contributed by atoms with Gasteiger partial charge in [0.2, 0.25) is 0 Å². The highest BCUT2D eigenvalue weighted by Crippen LogP contribution is 2.27. The second kappa shape index (κ2) is 5.46. The lowest BCUT2D eigenvalue weighted by Gasteiger charge is -2.10. The first kappa shape index (κ1) is 14.3. The summed E-state index contributed by atoms with van der Waals surface area (Å²) in [5.74, 6) is -4.25. The Morgan fingerprint density at radius 3 is 1.62 bits per heavy atom. The average Bonchev–Trinajstić information content (AvgIpc) is 2.46. The molecule has 0 aliphatic carbocycles. The molecule has 0 saturated carbocycles. The molecule has 0 bridgehead atoms. The van der Waals surface area contributed by atoms with Gasteiger partial charge >= 0.3 is 17.9 Å². The van der Waals surface area contributed by atoms with Gasteiger partial charge in [0.25, 0.3) is 0 Å². The largest absolute Gasteiger partial charge is 0.478 e. The Balaban J connectivity index is 2.81. The standard InChI is InChI=1S/C15H10O6/c16-13(17)10-7-12(15(20)21)11(14(18)19)6-9(10)8-4-2-1-3-5-8/h1-7H,(H,16,17)(H,18,19)(H,20,21). The van der Waals surface area contributed by atoms with Crippen LogP contribution in [0.5, 0.6) is 0 Å². The molecule has 3 N–H and O–H groups in total. The van der Waals surface area contributed by atoms with Gasteiger partial charge in [-0.05, 0) is 23.3 Å². The summed E-state index contributed by atoms with van der Waals surface area (Å²) in [4.78, 5) is 33.6. The fraction of sp³-hybridized carbons (Fsp3) is 0. The van der Waals surface area contributed by atoms with Crippen LogP contribution in [0.15, 0.2) is 42.5 Å². The van der Waals surface area contributed by atoms with Crippen molar-refractivity contribution in [3.63, 3.8) is 0 Å². The summed E-state index contributed by atoms with van der Waals surface area (Å²) in [7, 11) is 0. The van der Waals surface area contributed by atoms with E-state index in [1.165, 1.54) is 0 Å².